The first-order chi connectivity index (χ1) is 22.2. The van der Waals surface area contributed by atoms with Crippen LogP contribution in [0.5, 0.6) is 0 Å². The summed E-state index contributed by atoms with van der Waals surface area (Å²) in [6.07, 6.45) is 4.50. The Morgan fingerprint density at radius 1 is 0.578 bits per heavy atom. The third-order valence-corrected chi connectivity index (χ3v) is 5.69. The second-order valence-corrected chi connectivity index (χ2v) is 9.67. The van der Waals surface area contributed by atoms with Gasteiger partial charge in [-0.2, -0.15) is 0 Å². The molecule has 0 bridgehead atoms. The summed E-state index contributed by atoms with van der Waals surface area (Å²) >= 11 is 0. The quantitative estimate of drug-likeness (QED) is 0.0871. The van der Waals surface area contributed by atoms with Gasteiger partial charge in [-0.05, 0) is 12.0 Å². The molecule has 264 valence electrons. The summed E-state index contributed by atoms with van der Waals surface area (Å²) in [5.74, 6) is 0. The topological polar surface area (TPSA) is 130 Å². The second kappa shape index (κ2) is 38.6. The van der Waals surface area contributed by atoms with E-state index < -0.39 is 6.10 Å². The summed E-state index contributed by atoms with van der Waals surface area (Å²) < 4.78 is 53.6. The van der Waals surface area contributed by atoms with Gasteiger partial charge in [-0.15, -0.1) is 0 Å². The number of aliphatic hydroxyl groups is 1. The van der Waals surface area contributed by atoms with Crippen molar-refractivity contribution in [2.45, 2.75) is 45.3 Å². The third kappa shape index (κ3) is 36.8. The fraction of sp³-hybridized carbons (Fsp3) is 0.788. The monoisotopic (exact) mass is 648 g/mol. The van der Waals surface area contributed by atoms with Crippen LogP contribution >= 0.6 is 0 Å². The summed E-state index contributed by atoms with van der Waals surface area (Å²) in [5.41, 5.74) is 1.15. The van der Waals surface area contributed by atoms with Gasteiger partial charge in [0.1, 0.15) is 12.4 Å². The average molecular weight is 649 g/mol. The number of hydrogen-bond donors (Lipinski definition) is 1. The van der Waals surface area contributed by atoms with Crippen LogP contribution in [0.1, 0.15) is 38.2 Å². The van der Waals surface area contributed by atoms with Gasteiger partial charge in [0, 0.05) is 13.5 Å². The second-order valence-electron chi connectivity index (χ2n) is 9.67. The Balaban J connectivity index is 0.00000246. The molecule has 0 heterocycles. The standard InChI is InChI=1S/C27H48O11.C6H12O/c1-29-7-8-30-9-10-31-12-15-34-18-21-37-24-27(28)25-38-22-19-35-16-13-32-11-14-33-17-20-36-23-26-5-3-2-4-6-26;1-2-3-4-5-6-7/h2-6,27-28H,7-25H2,1H3;6H,2-5H2,1H3. The van der Waals surface area contributed by atoms with Gasteiger partial charge in [-0.1, -0.05) is 50.1 Å². The van der Waals surface area contributed by atoms with E-state index in [0.717, 1.165) is 24.7 Å². The highest BCUT2D eigenvalue weighted by Crippen LogP contribution is 2.00. The number of aliphatic hydroxyl groups excluding tert-OH is 1. The average Bonchev–Trinajstić information content (AvgIpc) is 3.06. The number of benzene rings is 1. The van der Waals surface area contributed by atoms with Gasteiger partial charge < -0.3 is 57.3 Å². The largest absolute Gasteiger partial charge is 0.388 e. The van der Waals surface area contributed by atoms with Crippen molar-refractivity contribution in [3.05, 3.63) is 35.9 Å². The van der Waals surface area contributed by atoms with Gasteiger partial charge in [-0.25, -0.2) is 0 Å². The first-order valence-electron chi connectivity index (χ1n) is 16.1. The molecule has 0 saturated heterocycles. The zero-order chi connectivity index (χ0) is 32.7. The van der Waals surface area contributed by atoms with Gasteiger partial charge in [0.05, 0.1) is 126 Å². The molecule has 12 nitrogen and oxygen atoms in total. The molecule has 1 unspecified atom stereocenters. The van der Waals surface area contributed by atoms with E-state index in [1.54, 1.807) is 7.11 Å². The van der Waals surface area contributed by atoms with Crippen LogP contribution < -0.4 is 0 Å². The summed E-state index contributed by atoms with van der Waals surface area (Å²) in [5, 5.41) is 9.86. The predicted molar refractivity (Wildman–Crippen MR) is 171 cm³/mol. The lowest BCUT2D eigenvalue weighted by Gasteiger charge is -2.12. The van der Waals surface area contributed by atoms with Crippen molar-refractivity contribution in [3.8, 4) is 0 Å². The maximum Gasteiger partial charge on any atom is 0.119 e. The van der Waals surface area contributed by atoms with E-state index >= 15 is 0 Å². The number of unbranched alkanes of at least 4 members (excludes halogenated alkanes) is 3. The molecule has 0 radical (unpaired) electrons. The molecular formula is C33H60O12. The lowest BCUT2D eigenvalue weighted by Crippen LogP contribution is -2.24. The fourth-order valence-electron chi connectivity index (χ4n) is 3.31. The highest BCUT2D eigenvalue weighted by molar-refractivity contribution is 5.48. The van der Waals surface area contributed by atoms with Crippen LogP contribution in [0.25, 0.3) is 0 Å². The lowest BCUT2D eigenvalue weighted by molar-refractivity contribution is -0.107. The van der Waals surface area contributed by atoms with Crippen LogP contribution in [0.15, 0.2) is 30.3 Å². The minimum Gasteiger partial charge on any atom is -0.388 e. The Hall–Kier alpha value is -1.55. The molecule has 0 aliphatic rings. The van der Waals surface area contributed by atoms with E-state index in [9.17, 15) is 9.90 Å². The van der Waals surface area contributed by atoms with E-state index in [1.165, 1.54) is 12.8 Å². The Morgan fingerprint density at radius 2 is 0.978 bits per heavy atom. The molecule has 0 saturated carbocycles. The molecule has 1 atom stereocenters. The summed E-state index contributed by atoms with van der Waals surface area (Å²) in [6.45, 7) is 11.0. The van der Waals surface area contributed by atoms with E-state index in [1.807, 2.05) is 30.3 Å². The highest BCUT2D eigenvalue weighted by atomic mass is 16.6. The normalized spacial score (nSPS) is 11.7. The number of hydrogen-bond acceptors (Lipinski definition) is 12. The summed E-state index contributed by atoms with van der Waals surface area (Å²) in [4.78, 5) is 9.68. The summed E-state index contributed by atoms with van der Waals surface area (Å²) in [7, 11) is 1.64. The van der Waals surface area contributed by atoms with Gasteiger partial charge in [0.15, 0.2) is 0 Å². The molecule has 0 aromatic heterocycles. The molecule has 1 aromatic rings. The Morgan fingerprint density at radius 3 is 1.38 bits per heavy atom. The van der Waals surface area contributed by atoms with Crippen LogP contribution in [-0.4, -0.2) is 144 Å². The zero-order valence-corrected chi connectivity index (χ0v) is 27.7. The molecule has 0 aliphatic heterocycles. The summed E-state index contributed by atoms with van der Waals surface area (Å²) in [6, 6.07) is 10.0. The third-order valence-electron chi connectivity index (χ3n) is 5.69. The number of methoxy groups -OCH3 is 1. The minimum absolute atomic E-state index is 0.188. The van der Waals surface area contributed by atoms with Crippen molar-refractivity contribution in [1.29, 1.82) is 0 Å². The van der Waals surface area contributed by atoms with E-state index in [2.05, 4.69) is 6.92 Å². The molecule has 0 aliphatic carbocycles. The zero-order valence-electron chi connectivity index (χ0n) is 27.7. The van der Waals surface area contributed by atoms with E-state index in [-0.39, 0.29) is 13.2 Å². The van der Waals surface area contributed by atoms with Crippen molar-refractivity contribution in [3.63, 3.8) is 0 Å². The molecule has 12 heteroatoms. The fourth-order valence-corrected chi connectivity index (χ4v) is 3.31. The Kier molecular flexibility index (Phi) is 37.3. The van der Waals surface area contributed by atoms with Gasteiger partial charge in [0.25, 0.3) is 0 Å². The minimum atomic E-state index is -0.691. The Labute approximate surface area is 270 Å². The molecule has 0 fully saturated rings. The number of carbonyl (C=O) groups is 1. The number of carbonyl (C=O) groups excluding carboxylic acids is 1. The van der Waals surface area contributed by atoms with Crippen molar-refractivity contribution in [2.75, 3.05) is 126 Å². The molecule has 1 N–H and O–H groups in total. The maximum atomic E-state index is 9.86. The maximum absolute atomic E-state index is 9.86. The number of aldehydes is 1. The SMILES string of the molecule is CCCCCC=O.COCCOCCOCCOCCOCC(O)COCCOCCOCCOCCOCc1ccccc1. The van der Waals surface area contributed by atoms with Gasteiger partial charge in [0.2, 0.25) is 0 Å². The van der Waals surface area contributed by atoms with Crippen LogP contribution in [-0.2, 0) is 58.8 Å². The molecular weight excluding hydrogens is 588 g/mol. The van der Waals surface area contributed by atoms with Crippen molar-refractivity contribution < 1.29 is 57.3 Å². The molecule has 1 rings (SSSR count). The van der Waals surface area contributed by atoms with Gasteiger partial charge >= 0.3 is 0 Å². The van der Waals surface area contributed by atoms with Gasteiger partial charge in [-0.3, -0.25) is 0 Å². The van der Waals surface area contributed by atoms with Crippen molar-refractivity contribution in [1.82, 2.24) is 0 Å². The molecule has 0 spiro atoms. The molecule has 1 aromatic carbocycles. The first-order valence-corrected chi connectivity index (χ1v) is 16.1. The lowest BCUT2D eigenvalue weighted by atomic mass is 10.2. The first kappa shape index (κ1) is 43.5. The van der Waals surface area contributed by atoms with Crippen LogP contribution in [0.3, 0.4) is 0 Å². The highest BCUT2D eigenvalue weighted by Gasteiger charge is 2.04. The van der Waals surface area contributed by atoms with Crippen LogP contribution in [0.4, 0.5) is 0 Å². The molecule has 45 heavy (non-hydrogen) atoms. The van der Waals surface area contributed by atoms with Crippen molar-refractivity contribution in [2.24, 2.45) is 0 Å². The van der Waals surface area contributed by atoms with Crippen LogP contribution in [0.2, 0.25) is 0 Å². The van der Waals surface area contributed by atoms with E-state index in [4.69, 9.17) is 47.4 Å². The number of rotatable bonds is 34. The van der Waals surface area contributed by atoms with Crippen molar-refractivity contribution >= 4 is 6.29 Å². The molecule has 0 amide bonds. The number of ether oxygens (including phenoxy) is 10. The van der Waals surface area contributed by atoms with Crippen LogP contribution in [0, 0.1) is 0 Å². The smallest absolute Gasteiger partial charge is 0.119 e. The Bertz CT molecular complexity index is 683. The predicted octanol–water partition coefficient (Wildman–Crippen LogP) is 3.11. The van der Waals surface area contributed by atoms with E-state index in [0.29, 0.717) is 112 Å².